The topological polar surface area (TPSA) is 81.7 Å². The Morgan fingerprint density at radius 3 is 2.61 bits per heavy atom. The highest BCUT2D eigenvalue weighted by Gasteiger charge is 2.39. The monoisotopic (exact) mass is 341 g/mol. The SMILES string of the molecule is COc1cccc(CCC(=O)N[C@]2(C)CCS(=O)(=O)C2)c1OC. The number of sulfone groups is 1. The van der Waals surface area contributed by atoms with Crippen LogP contribution in [-0.2, 0) is 21.1 Å². The van der Waals surface area contributed by atoms with E-state index >= 15 is 0 Å². The van der Waals surface area contributed by atoms with Crippen LogP contribution in [0.1, 0.15) is 25.3 Å². The maximum atomic E-state index is 12.2. The molecule has 1 aromatic rings. The lowest BCUT2D eigenvalue weighted by Gasteiger charge is -2.24. The van der Waals surface area contributed by atoms with E-state index in [0.29, 0.717) is 24.3 Å². The number of carbonyl (C=O) groups is 1. The largest absolute Gasteiger partial charge is 0.493 e. The third kappa shape index (κ3) is 4.37. The summed E-state index contributed by atoms with van der Waals surface area (Å²) in [4.78, 5) is 12.2. The average molecular weight is 341 g/mol. The van der Waals surface area contributed by atoms with Crippen LogP contribution in [0.4, 0.5) is 0 Å². The van der Waals surface area contributed by atoms with E-state index in [4.69, 9.17) is 9.47 Å². The van der Waals surface area contributed by atoms with Gasteiger partial charge in [-0.1, -0.05) is 12.1 Å². The van der Waals surface area contributed by atoms with Crippen molar-refractivity contribution in [2.75, 3.05) is 25.7 Å². The predicted octanol–water partition coefficient (Wildman–Crippen LogP) is 1.33. The Balaban J connectivity index is 1.98. The molecule has 1 aromatic carbocycles. The van der Waals surface area contributed by atoms with E-state index < -0.39 is 15.4 Å². The van der Waals surface area contributed by atoms with E-state index in [1.54, 1.807) is 27.2 Å². The van der Waals surface area contributed by atoms with Gasteiger partial charge in [0.1, 0.15) is 0 Å². The first kappa shape index (κ1) is 17.6. The lowest BCUT2D eigenvalue weighted by atomic mass is 10.0. The van der Waals surface area contributed by atoms with Gasteiger partial charge in [-0.05, 0) is 31.4 Å². The number of benzene rings is 1. The summed E-state index contributed by atoms with van der Waals surface area (Å²) in [7, 11) is 0.0890. The second kappa shape index (κ2) is 6.78. The van der Waals surface area contributed by atoms with Crippen LogP contribution >= 0.6 is 0 Å². The standard InChI is InChI=1S/C16H23NO5S/c1-16(9-10-23(19,20)11-16)17-14(18)8-7-12-5-4-6-13(21-2)15(12)22-3/h4-6H,7-11H2,1-3H3,(H,17,18)/t16-/m1/s1. The number of nitrogens with one attached hydrogen (secondary N) is 1. The van der Waals surface area contributed by atoms with Gasteiger partial charge in [-0.25, -0.2) is 8.42 Å². The first-order chi connectivity index (χ1) is 10.8. The second-order valence-electron chi connectivity index (χ2n) is 6.10. The summed E-state index contributed by atoms with van der Waals surface area (Å²) < 4.78 is 33.7. The zero-order chi connectivity index (χ0) is 17.1. The van der Waals surface area contributed by atoms with Crippen LogP contribution < -0.4 is 14.8 Å². The van der Waals surface area contributed by atoms with Crippen LogP contribution in [0.25, 0.3) is 0 Å². The third-order valence-corrected chi connectivity index (χ3v) is 5.95. The summed E-state index contributed by atoms with van der Waals surface area (Å²) in [5, 5.41) is 2.86. The van der Waals surface area contributed by atoms with E-state index in [1.807, 2.05) is 12.1 Å². The fraction of sp³-hybridized carbons (Fsp3) is 0.562. The number of carbonyl (C=O) groups excluding carboxylic acids is 1. The molecular weight excluding hydrogens is 318 g/mol. The quantitative estimate of drug-likeness (QED) is 0.844. The third-order valence-electron chi connectivity index (χ3n) is 4.05. The van der Waals surface area contributed by atoms with Crippen molar-refractivity contribution < 1.29 is 22.7 Å². The highest BCUT2D eigenvalue weighted by Crippen LogP contribution is 2.31. The Bertz CT molecular complexity index is 686. The number of para-hydroxylation sites is 1. The van der Waals surface area contributed by atoms with E-state index in [0.717, 1.165) is 5.56 Å². The zero-order valence-corrected chi connectivity index (χ0v) is 14.5. The first-order valence-electron chi connectivity index (χ1n) is 7.50. The molecule has 0 aromatic heterocycles. The van der Waals surface area contributed by atoms with Crippen LogP contribution in [-0.4, -0.2) is 45.6 Å². The molecule has 1 N–H and O–H groups in total. The first-order valence-corrected chi connectivity index (χ1v) is 9.32. The van der Waals surface area contributed by atoms with Crippen LogP contribution in [0.15, 0.2) is 18.2 Å². The normalized spacial score (nSPS) is 22.6. The Kier molecular flexibility index (Phi) is 5.19. The molecule has 1 saturated heterocycles. The van der Waals surface area contributed by atoms with Gasteiger partial charge >= 0.3 is 0 Å². The number of aryl methyl sites for hydroxylation is 1. The summed E-state index contributed by atoms with van der Waals surface area (Å²) >= 11 is 0. The number of hydrogen-bond acceptors (Lipinski definition) is 5. The van der Waals surface area contributed by atoms with Gasteiger partial charge in [-0.2, -0.15) is 0 Å². The number of rotatable bonds is 6. The average Bonchev–Trinajstić information content (AvgIpc) is 2.77. The van der Waals surface area contributed by atoms with Gasteiger partial charge in [0, 0.05) is 6.42 Å². The minimum atomic E-state index is -3.04. The fourth-order valence-corrected chi connectivity index (χ4v) is 5.00. The Morgan fingerprint density at radius 1 is 1.30 bits per heavy atom. The Morgan fingerprint density at radius 2 is 2.04 bits per heavy atom. The van der Waals surface area contributed by atoms with Crippen LogP contribution in [0.2, 0.25) is 0 Å². The Hall–Kier alpha value is -1.76. The summed E-state index contributed by atoms with van der Waals surface area (Å²) in [6.45, 7) is 1.78. The highest BCUT2D eigenvalue weighted by atomic mass is 32.2. The van der Waals surface area contributed by atoms with Gasteiger partial charge < -0.3 is 14.8 Å². The van der Waals surface area contributed by atoms with Crippen LogP contribution in [0.5, 0.6) is 11.5 Å². The molecule has 6 nitrogen and oxygen atoms in total. The second-order valence-corrected chi connectivity index (χ2v) is 8.29. The van der Waals surface area contributed by atoms with Crippen molar-refractivity contribution in [2.24, 2.45) is 0 Å². The molecule has 7 heteroatoms. The molecular formula is C16H23NO5S. The van der Waals surface area contributed by atoms with Crippen molar-refractivity contribution in [2.45, 2.75) is 31.7 Å². The lowest BCUT2D eigenvalue weighted by molar-refractivity contribution is -0.122. The summed E-state index contributed by atoms with van der Waals surface area (Å²) in [5.74, 6) is 1.23. The molecule has 0 spiro atoms. The minimum Gasteiger partial charge on any atom is -0.493 e. The number of amides is 1. The zero-order valence-electron chi connectivity index (χ0n) is 13.7. The van der Waals surface area contributed by atoms with Gasteiger partial charge in [0.25, 0.3) is 0 Å². The number of hydrogen-bond donors (Lipinski definition) is 1. The summed E-state index contributed by atoms with van der Waals surface area (Å²) in [5.41, 5.74) is 0.222. The molecule has 0 unspecified atom stereocenters. The molecule has 0 radical (unpaired) electrons. The molecule has 0 bridgehead atoms. The predicted molar refractivity (Wildman–Crippen MR) is 87.7 cm³/mol. The molecule has 0 saturated carbocycles. The maximum Gasteiger partial charge on any atom is 0.220 e. The van der Waals surface area contributed by atoms with Crippen molar-refractivity contribution in [3.05, 3.63) is 23.8 Å². The molecule has 1 amide bonds. The summed E-state index contributed by atoms with van der Waals surface area (Å²) in [6.07, 6.45) is 1.22. The van der Waals surface area contributed by atoms with Gasteiger partial charge in [0.2, 0.25) is 5.91 Å². The molecule has 128 valence electrons. The molecule has 1 heterocycles. The maximum absolute atomic E-state index is 12.2. The van der Waals surface area contributed by atoms with E-state index in [1.165, 1.54) is 0 Å². The molecule has 1 aliphatic heterocycles. The number of methoxy groups -OCH3 is 2. The van der Waals surface area contributed by atoms with Crippen molar-refractivity contribution in [1.29, 1.82) is 0 Å². The van der Waals surface area contributed by atoms with Crippen molar-refractivity contribution >= 4 is 15.7 Å². The van der Waals surface area contributed by atoms with Gasteiger partial charge in [0.15, 0.2) is 21.3 Å². The van der Waals surface area contributed by atoms with Gasteiger partial charge in [-0.15, -0.1) is 0 Å². The van der Waals surface area contributed by atoms with Crippen LogP contribution in [0.3, 0.4) is 0 Å². The molecule has 1 fully saturated rings. The summed E-state index contributed by atoms with van der Waals surface area (Å²) in [6, 6.07) is 5.53. The van der Waals surface area contributed by atoms with Crippen LogP contribution in [0, 0.1) is 0 Å². The molecule has 0 aliphatic carbocycles. The lowest BCUT2D eigenvalue weighted by Crippen LogP contribution is -2.47. The smallest absolute Gasteiger partial charge is 0.220 e. The molecule has 23 heavy (non-hydrogen) atoms. The van der Waals surface area contributed by atoms with Gasteiger partial charge in [-0.3, -0.25) is 4.79 Å². The van der Waals surface area contributed by atoms with Gasteiger partial charge in [0.05, 0.1) is 31.3 Å². The van der Waals surface area contributed by atoms with E-state index in [2.05, 4.69) is 5.32 Å². The van der Waals surface area contributed by atoms with Crippen molar-refractivity contribution in [3.63, 3.8) is 0 Å². The molecule has 1 atom stereocenters. The number of ether oxygens (including phenoxy) is 2. The molecule has 2 rings (SSSR count). The van der Waals surface area contributed by atoms with Crippen molar-refractivity contribution in [3.8, 4) is 11.5 Å². The fourth-order valence-electron chi connectivity index (χ4n) is 2.91. The molecule has 1 aliphatic rings. The Labute approximate surface area is 137 Å². The minimum absolute atomic E-state index is 0.00816. The van der Waals surface area contributed by atoms with Crippen molar-refractivity contribution in [1.82, 2.24) is 5.32 Å². The van der Waals surface area contributed by atoms with E-state index in [9.17, 15) is 13.2 Å². The van der Waals surface area contributed by atoms with E-state index in [-0.39, 0.29) is 23.8 Å². The highest BCUT2D eigenvalue weighted by molar-refractivity contribution is 7.91.